The molecular formula is C11H13BrN4O3. The van der Waals surface area contributed by atoms with Gasteiger partial charge in [-0.05, 0) is 18.2 Å². The maximum atomic E-state index is 12.2. The number of nitrogen functional groups attached to an aromatic ring is 1. The summed E-state index contributed by atoms with van der Waals surface area (Å²) in [6.07, 6.45) is 0. The first-order chi connectivity index (χ1) is 8.81. The van der Waals surface area contributed by atoms with Gasteiger partial charge in [0.05, 0.1) is 5.56 Å². The highest BCUT2D eigenvalue weighted by molar-refractivity contribution is 9.10. The summed E-state index contributed by atoms with van der Waals surface area (Å²) < 4.78 is 0.642. The number of hydrogen-bond acceptors (Lipinski definition) is 4. The third-order valence-corrected chi connectivity index (χ3v) is 2.72. The third-order valence-electron chi connectivity index (χ3n) is 2.23. The second-order valence-corrected chi connectivity index (χ2v) is 4.74. The average molecular weight is 329 g/mol. The smallest absolute Gasteiger partial charge is 0.256 e. The first kappa shape index (κ1) is 15.0. The summed E-state index contributed by atoms with van der Waals surface area (Å²) >= 11 is 3.21. The van der Waals surface area contributed by atoms with E-state index < -0.39 is 30.8 Å². The van der Waals surface area contributed by atoms with Crippen molar-refractivity contribution in [3.63, 3.8) is 0 Å². The van der Waals surface area contributed by atoms with Gasteiger partial charge in [-0.15, -0.1) is 0 Å². The molecule has 1 aromatic rings. The summed E-state index contributed by atoms with van der Waals surface area (Å²) in [5, 5.41) is 0. The zero-order valence-corrected chi connectivity index (χ0v) is 11.5. The summed E-state index contributed by atoms with van der Waals surface area (Å²) in [6, 6.07) is 4.69. The number of nitrogens with zero attached hydrogens (tertiary/aromatic N) is 1. The van der Waals surface area contributed by atoms with E-state index in [-0.39, 0.29) is 11.3 Å². The third kappa shape index (κ3) is 4.25. The van der Waals surface area contributed by atoms with Crippen LogP contribution in [0, 0.1) is 0 Å². The number of primary amides is 2. The first-order valence-electron chi connectivity index (χ1n) is 5.22. The van der Waals surface area contributed by atoms with Gasteiger partial charge in [0.1, 0.15) is 13.1 Å². The molecule has 0 aliphatic heterocycles. The van der Waals surface area contributed by atoms with Gasteiger partial charge in [-0.25, -0.2) is 0 Å². The number of anilines is 1. The van der Waals surface area contributed by atoms with Crippen LogP contribution in [0.15, 0.2) is 22.7 Å². The predicted octanol–water partition coefficient (Wildman–Crippen LogP) is -0.556. The van der Waals surface area contributed by atoms with E-state index in [0.29, 0.717) is 4.47 Å². The monoisotopic (exact) mass is 328 g/mol. The fraction of sp³-hybridized carbons (Fsp3) is 0.182. The van der Waals surface area contributed by atoms with Gasteiger partial charge in [-0.1, -0.05) is 15.9 Å². The topological polar surface area (TPSA) is 133 Å². The van der Waals surface area contributed by atoms with Crippen molar-refractivity contribution in [2.75, 3.05) is 18.8 Å². The summed E-state index contributed by atoms with van der Waals surface area (Å²) in [5.41, 5.74) is 16.1. The Morgan fingerprint density at radius 3 is 2.11 bits per heavy atom. The lowest BCUT2D eigenvalue weighted by Gasteiger charge is -2.20. The van der Waals surface area contributed by atoms with Crippen molar-refractivity contribution in [1.82, 2.24) is 4.90 Å². The molecule has 19 heavy (non-hydrogen) atoms. The number of halogens is 1. The minimum absolute atomic E-state index is 0.164. The highest BCUT2D eigenvalue weighted by Gasteiger charge is 2.21. The minimum Gasteiger partial charge on any atom is -0.398 e. The molecule has 0 saturated carbocycles. The van der Waals surface area contributed by atoms with Crippen molar-refractivity contribution in [2.45, 2.75) is 0 Å². The van der Waals surface area contributed by atoms with E-state index in [9.17, 15) is 14.4 Å². The van der Waals surface area contributed by atoms with Gasteiger partial charge in [0.15, 0.2) is 0 Å². The summed E-state index contributed by atoms with van der Waals surface area (Å²) in [4.78, 5) is 35.0. The quantitative estimate of drug-likeness (QED) is 0.625. The Bertz CT molecular complexity index is 517. The van der Waals surface area contributed by atoms with E-state index >= 15 is 0 Å². The van der Waals surface area contributed by atoms with Crippen LogP contribution in [0.5, 0.6) is 0 Å². The summed E-state index contributed by atoms with van der Waals surface area (Å²) in [5.74, 6) is -2.08. The van der Waals surface area contributed by atoms with Crippen molar-refractivity contribution >= 4 is 39.3 Å². The molecule has 1 aromatic carbocycles. The van der Waals surface area contributed by atoms with Crippen LogP contribution >= 0.6 is 15.9 Å². The van der Waals surface area contributed by atoms with E-state index in [1.807, 2.05) is 0 Å². The fourth-order valence-corrected chi connectivity index (χ4v) is 1.82. The van der Waals surface area contributed by atoms with Crippen LogP contribution in [0.3, 0.4) is 0 Å². The van der Waals surface area contributed by atoms with Gasteiger partial charge in [0, 0.05) is 10.2 Å². The zero-order chi connectivity index (χ0) is 14.6. The second kappa shape index (κ2) is 6.19. The van der Waals surface area contributed by atoms with Crippen molar-refractivity contribution in [3.05, 3.63) is 28.2 Å². The van der Waals surface area contributed by atoms with E-state index in [2.05, 4.69) is 15.9 Å². The summed E-state index contributed by atoms with van der Waals surface area (Å²) in [7, 11) is 0. The van der Waals surface area contributed by atoms with Crippen LogP contribution < -0.4 is 17.2 Å². The highest BCUT2D eigenvalue weighted by atomic mass is 79.9. The maximum Gasteiger partial charge on any atom is 0.256 e. The lowest BCUT2D eigenvalue weighted by Crippen LogP contribution is -2.43. The van der Waals surface area contributed by atoms with Gasteiger partial charge in [-0.3, -0.25) is 14.4 Å². The van der Waals surface area contributed by atoms with Crippen LogP contribution in [0.25, 0.3) is 0 Å². The molecule has 7 nitrogen and oxygen atoms in total. The van der Waals surface area contributed by atoms with E-state index in [1.165, 1.54) is 12.1 Å². The molecular weight excluding hydrogens is 316 g/mol. The highest BCUT2D eigenvalue weighted by Crippen LogP contribution is 2.20. The van der Waals surface area contributed by atoms with Crippen LogP contribution in [0.2, 0.25) is 0 Å². The van der Waals surface area contributed by atoms with E-state index in [0.717, 1.165) is 4.90 Å². The largest absolute Gasteiger partial charge is 0.398 e. The van der Waals surface area contributed by atoms with Gasteiger partial charge in [-0.2, -0.15) is 0 Å². The molecule has 102 valence electrons. The molecule has 1 rings (SSSR count). The van der Waals surface area contributed by atoms with Crippen molar-refractivity contribution < 1.29 is 14.4 Å². The first-order valence-corrected chi connectivity index (χ1v) is 6.01. The standard InChI is InChI=1S/C11H13BrN4O3/c12-6-1-2-8(13)7(3-6)11(19)16(4-9(14)17)5-10(15)18/h1-3H,4-5,13H2,(H2,14,17)(H2,15,18). The molecule has 0 aromatic heterocycles. The van der Waals surface area contributed by atoms with Gasteiger partial charge in [0.25, 0.3) is 5.91 Å². The molecule has 0 radical (unpaired) electrons. The Morgan fingerprint density at radius 1 is 1.11 bits per heavy atom. The molecule has 0 atom stereocenters. The second-order valence-electron chi connectivity index (χ2n) is 3.83. The predicted molar refractivity (Wildman–Crippen MR) is 72.8 cm³/mol. The number of carbonyl (C=O) groups is 3. The summed E-state index contributed by atoms with van der Waals surface area (Å²) in [6.45, 7) is -0.818. The fourth-order valence-electron chi connectivity index (χ4n) is 1.46. The number of nitrogens with two attached hydrogens (primary N) is 3. The van der Waals surface area contributed by atoms with Gasteiger partial charge < -0.3 is 22.1 Å². The van der Waals surface area contributed by atoms with E-state index in [1.54, 1.807) is 6.07 Å². The zero-order valence-electron chi connectivity index (χ0n) is 9.93. The Balaban J connectivity index is 3.07. The number of amides is 3. The maximum absolute atomic E-state index is 12.2. The van der Waals surface area contributed by atoms with Gasteiger partial charge >= 0.3 is 0 Å². The van der Waals surface area contributed by atoms with Crippen LogP contribution in [0.1, 0.15) is 10.4 Å². The van der Waals surface area contributed by atoms with Crippen molar-refractivity contribution in [2.24, 2.45) is 11.5 Å². The van der Waals surface area contributed by atoms with Crippen LogP contribution in [-0.4, -0.2) is 35.7 Å². The molecule has 6 N–H and O–H groups in total. The Morgan fingerprint density at radius 2 is 1.63 bits per heavy atom. The molecule has 0 unspecified atom stereocenters. The molecule has 0 aliphatic rings. The lowest BCUT2D eigenvalue weighted by atomic mass is 10.1. The molecule has 0 bridgehead atoms. The van der Waals surface area contributed by atoms with Crippen molar-refractivity contribution in [1.29, 1.82) is 0 Å². The Hall–Kier alpha value is -2.09. The molecule has 0 saturated heterocycles. The minimum atomic E-state index is -0.747. The molecule has 0 fully saturated rings. The molecule has 3 amide bonds. The lowest BCUT2D eigenvalue weighted by molar-refractivity contribution is -0.121. The number of benzene rings is 1. The van der Waals surface area contributed by atoms with Crippen LogP contribution in [0.4, 0.5) is 5.69 Å². The van der Waals surface area contributed by atoms with Gasteiger partial charge in [0.2, 0.25) is 11.8 Å². The molecule has 0 heterocycles. The van der Waals surface area contributed by atoms with E-state index in [4.69, 9.17) is 17.2 Å². The SMILES string of the molecule is NC(=O)CN(CC(N)=O)C(=O)c1cc(Br)ccc1N. The van der Waals surface area contributed by atoms with Crippen molar-refractivity contribution in [3.8, 4) is 0 Å². The molecule has 0 aliphatic carbocycles. The average Bonchev–Trinajstić information content (AvgIpc) is 2.29. The molecule has 0 spiro atoms. The molecule has 8 heteroatoms. The Kier molecular flexibility index (Phi) is 4.87. The Labute approximate surface area is 117 Å². The normalized spacial score (nSPS) is 9.95. The number of carbonyl (C=O) groups excluding carboxylic acids is 3. The van der Waals surface area contributed by atoms with Crippen LogP contribution in [-0.2, 0) is 9.59 Å². The number of hydrogen-bond donors (Lipinski definition) is 3. The number of rotatable bonds is 5.